The number of hydrogen-bond acceptors (Lipinski definition) is 6. The fourth-order valence-corrected chi connectivity index (χ4v) is 3.18. The summed E-state index contributed by atoms with van der Waals surface area (Å²) >= 11 is 11.9. The van der Waals surface area contributed by atoms with Crippen LogP contribution in [0.15, 0.2) is 71.8 Å². The largest absolute Gasteiger partial charge is 0.497 e. The van der Waals surface area contributed by atoms with Crippen molar-refractivity contribution >= 4 is 47.2 Å². The summed E-state index contributed by atoms with van der Waals surface area (Å²) in [7, 11) is 1.53. The van der Waals surface area contributed by atoms with E-state index in [1.807, 2.05) is 0 Å². The molecule has 0 saturated carbocycles. The van der Waals surface area contributed by atoms with Crippen LogP contribution in [-0.2, 0) is 4.79 Å². The van der Waals surface area contributed by atoms with Crippen molar-refractivity contribution in [2.75, 3.05) is 13.7 Å². The number of hydrogen-bond donors (Lipinski definition) is 2. The van der Waals surface area contributed by atoms with E-state index in [1.165, 1.54) is 31.5 Å². The number of carbonyl (C=O) groups is 3. The third-order valence-electron chi connectivity index (χ3n) is 4.38. The SMILES string of the molecule is COc1ccc(C(=O)NCC(=O)NN=Cc2cccc(OC(=O)c3ccc(Cl)cc3Cl)c2)cc1. The van der Waals surface area contributed by atoms with Crippen LogP contribution >= 0.6 is 23.2 Å². The summed E-state index contributed by atoms with van der Waals surface area (Å²) in [5, 5.41) is 6.93. The van der Waals surface area contributed by atoms with Gasteiger partial charge in [-0.15, -0.1) is 0 Å². The quantitative estimate of drug-likeness (QED) is 0.210. The Morgan fingerprint density at radius 3 is 2.44 bits per heavy atom. The van der Waals surface area contributed by atoms with Crippen molar-refractivity contribution in [1.29, 1.82) is 0 Å². The Labute approximate surface area is 205 Å². The molecule has 2 N–H and O–H groups in total. The average Bonchev–Trinajstić information content (AvgIpc) is 2.82. The molecule has 0 radical (unpaired) electrons. The zero-order valence-electron chi connectivity index (χ0n) is 17.9. The van der Waals surface area contributed by atoms with E-state index in [-0.39, 0.29) is 22.9 Å². The molecule has 0 saturated heterocycles. The molecule has 0 spiro atoms. The van der Waals surface area contributed by atoms with Crippen molar-refractivity contribution in [3.8, 4) is 11.5 Å². The molecule has 34 heavy (non-hydrogen) atoms. The first-order valence-corrected chi connectivity index (χ1v) is 10.6. The standard InChI is InChI=1S/C24H19Cl2N3O5/c1-33-18-8-5-16(6-9-18)23(31)27-14-22(30)29-28-13-15-3-2-4-19(11-15)34-24(32)20-10-7-17(25)12-21(20)26/h2-13H,14H2,1H3,(H,27,31)(H,29,30). The van der Waals surface area contributed by atoms with Crippen LogP contribution in [0.3, 0.4) is 0 Å². The van der Waals surface area contributed by atoms with Crippen molar-refractivity contribution in [2.24, 2.45) is 5.10 Å². The number of hydrazone groups is 1. The molecule has 3 aromatic carbocycles. The lowest BCUT2D eigenvalue weighted by atomic mass is 10.2. The number of halogens is 2. The molecule has 8 nitrogen and oxygen atoms in total. The van der Waals surface area contributed by atoms with Crippen molar-refractivity contribution in [1.82, 2.24) is 10.7 Å². The van der Waals surface area contributed by atoms with Gasteiger partial charge >= 0.3 is 5.97 Å². The van der Waals surface area contributed by atoms with Crippen LogP contribution in [0.4, 0.5) is 0 Å². The lowest BCUT2D eigenvalue weighted by molar-refractivity contribution is -0.120. The Bertz CT molecular complexity index is 1230. The summed E-state index contributed by atoms with van der Waals surface area (Å²) in [6, 6.07) is 17.4. The predicted molar refractivity (Wildman–Crippen MR) is 129 cm³/mol. The fraction of sp³-hybridized carbons (Fsp3) is 0.0833. The van der Waals surface area contributed by atoms with Crippen LogP contribution in [-0.4, -0.2) is 37.7 Å². The molecular formula is C24H19Cl2N3O5. The van der Waals surface area contributed by atoms with Gasteiger partial charge in [-0.2, -0.15) is 5.10 Å². The third kappa shape index (κ3) is 7.06. The highest BCUT2D eigenvalue weighted by atomic mass is 35.5. The number of methoxy groups -OCH3 is 1. The zero-order chi connectivity index (χ0) is 24.5. The summed E-state index contributed by atoms with van der Waals surface area (Å²) in [5.74, 6) is -0.680. The van der Waals surface area contributed by atoms with Crippen LogP contribution in [0.1, 0.15) is 26.3 Å². The minimum atomic E-state index is -0.642. The molecule has 0 unspecified atom stereocenters. The highest BCUT2D eigenvalue weighted by molar-refractivity contribution is 6.36. The van der Waals surface area contributed by atoms with Gasteiger partial charge in [-0.3, -0.25) is 9.59 Å². The number of rotatable bonds is 8. The molecule has 3 rings (SSSR count). The van der Waals surface area contributed by atoms with Gasteiger partial charge in [-0.1, -0.05) is 35.3 Å². The summed E-state index contributed by atoms with van der Waals surface area (Å²) in [6.45, 7) is -0.262. The number of benzene rings is 3. The lowest BCUT2D eigenvalue weighted by Crippen LogP contribution is -2.34. The summed E-state index contributed by atoms with van der Waals surface area (Å²) in [4.78, 5) is 36.4. The van der Waals surface area contributed by atoms with Gasteiger partial charge in [0.25, 0.3) is 11.8 Å². The van der Waals surface area contributed by atoms with Crippen LogP contribution in [0.5, 0.6) is 11.5 Å². The number of nitrogens with zero attached hydrogens (tertiary/aromatic N) is 1. The third-order valence-corrected chi connectivity index (χ3v) is 4.93. The van der Waals surface area contributed by atoms with Crippen LogP contribution in [0.25, 0.3) is 0 Å². The first kappa shape index (κ1) is 24.8. The number of esters is 1. The molecule has 0 fully saturated rings. The first-order chi connectivity index (χ1) is 16.4. The van der Waals surface area contributed by atoms with Gasteiger partial charge in [0.1, 0.15) is 11.5 Å². The van der Waals surface area contributed by atoms with Crippen LogP contribution in [0, 0.1) is 0 Å². The highest BCUT2D eigenvalue weighted by Crippen LogP contribution is 2.23. The molecule has 3 aromatic rings. The van der Waals surface area contributed by atoms with Crippen molar-refractivity contribution < 1.29 is 23.9 Å². The Kier molecular flexibility index (Phi) is 8.61. The molecule has 0 aliphatic carbocycles. The molecule has 10 heteroatoms. The zero-order valence-corrected chi connectivity index (χ0v) is 19.4. The van der Waals surface area contributed by atoms with Crippen molar-refractivity contribution in [2.45, 2.75) is 0 Å². The summed E-state index contributed by atoms with van der Waals surface area (Å²) in [6.07, 6.45) is 1.37. The maximum atomic E-state index is 12.3. The molecule has 0 aliphatic heterocycles. The van der Waals surface area contributed by atoms with Gasteiger partial charge in [0.2, 0.25) is 0 Å². The normalized spacial score (nSPS) is 10.6. The molecule has 0 bridgehead atoms. The van der Waals surface area contributed by atoms with Crippen molar-refractivity contribution in [3.63, 3.8) is 0 Å². The number of nitrogens with one attached hydrogen (secondary N) is 2. The van der Waals surface area contributed by atoms with E-state index < -0.39 is 17.8 Å². The van der Waals surface area contributed by atoms with Crippen LogP contribution < -0.4 is 20.2 Å². The van der Waals surface area contributed by atoms with Crippen LogP contribution in [0.2, 0.25) is 10.0 Å². The monoisotopic (exact) mass is 499 g/mol. The van der Waals surface area contributed by atoms with Gasteiger partial charge in [-0.25, -0.2) is 10.2 Å². The minimum Gasteiger partial charge on any atom is -0.497 e. The Hall–Kier alpha value is -3.88. The number of amides is 2. The predicted octanol–water partition coefficient (Wildman–Crippen LogP) is 4.10. The Morgan fingerprint density at radius 1 is 0.971 bits per heavy atom. The Balaban J connectivity index is 1.50. The maximum absolute atomic E-state index is 12.3. The highest BCUT2D eigenvalue weighted by Gasteiger charge is 2.13. The smallest absolute Gasteiger partial charge is 0.345 e. The lowest BCUT2D eigenvalue weighted by Gasteiger charge is -2.07. The van der Waals surface area contributed by atoms with E-state index in [1.54, 1.807) is 48.5 Å². The second kappa shape index (κ2) is 11.8. The van der Waals surface area contributed by atoms with E-state index in [2.05, 4.69) is 15.8 Å². The minimum absolute atomic E-state index is 0.175. The molecule has 2 amide bonds. The van der Waals surface area contributed by atoms with E-state index >= 15 is 0 Å². The van der Waals surface area contributed by atoms with E-state index in [0.29, 0.717) is 21.9 Å². The van der Waals surface area contributed by atoms with E-state index in [4.69, 9.17) is 32.7 Å². The molecule has 174 valence electrons. The topological polar surface area (TPSA) is 106 Å². The first-order valence-electron chi connectivity index (χ1n) is 9.87. The second-order valence-corrected chi connectivity index (χ2v) is 7.63. The van der Waals surface area contributed by atoms with Gasteiger partial charge in [0.15, 0.2) is 0 Å². The van der Waals surface area contributed by atoms with E-state index in [9.17, 15) is 14.4 Å². The second-order valence-electron chi connectivity index (χ2n) is 6.79. The molecule has 0 aromatic heterocycles. The van der Waals surface area contributed by atoms with Gasteiger partial charge in [0.05, 0.1) is 30.5 Å². The van der Waals surface area contributed by atoms with Gasteiger partial charge < -0.3 is 14.8 Å². The molecule has 0 aliphatic rings. The number of carbonyl (C=O) groups excluding carboxylic acids is 3. The molecule has 0 atom stereocenters. The molecular weight excluding hydrogens is 481 g/mol. The van der Waals surface area contributed by atoms with Gasteiger partial charge in [-0.05, 0) is 60.2 Å². The summed E-state index contributed by atoms with van der Waals surface area (Å²) in [5.41, 5.74) is 3.45. The number of ether oxygens (including phenoxy) is 2. The molecule has 0 heterocycles. The van der Waals surface area contributed by atoms with E-state index in [0.717, 1.165) is 0 Å². The van der Waals surface area contributed by atoms with Gasteiger partial charge in [0, 0.05) is 10.6 Å². The van der Waals surface area contributed by atoms with Crippen molar-refractivity contribution in [3.05, 3.63) is 93.5 Å². The summed E-state index contributed by atoms with van der Waals surface area (Å²) < 4.78 is 10.4. The average molecular weight is 500 g/mol. The fourth-order valence-electron chi connectivity index (χ4n) is 2.70. The maximum Gasteiger partial charge on any atom is 0.345 e. The Morgan fingerprint density at radius 2 is 1.74 bits per heavy atom.